The van der Waals surface area contributed by atoms with Gasteiger partial charge in [0.05, 0.1) is 17.9 Å². The molecular formula is C20H28N4O2. The fourth-order valence-electron chi connectivity index (χ4n) is 3.08. The zero-order valence-corrected chi connectivity index (χ0v) is 16.1. The van der Waals surface area contributed by atoms with Crippen molar-refractivity contribution in [1.29, 1.82) is 0 Å². The monoisotopic (exact) mass is 356 g/mol. The smallest absolute Gasteiger partial charge is 0.410 e. The first-order chi connectivity index (χ1) is 12.3. The van der Waals surface area contributed by atoms with E-state index in [4.69, 9.17) is 4.74 Å². The lowest BCUT2D eigenvalue weighted by Crippen LogP contribution is -2.57. The molecule has 0 spiro atoms. The number of benzene rings is 1. The number of hydrogen-bond donors (Lipinski definition) is 0. The number of aryl methyl sites for hydroxylation is 1. The average Bonchev–Trinajstić information content (AvgIpc) is 2.95. The molecule has 0 aliphatic carbocycles. The molecule has 0 unspecified atom stereocenters. The number of ether oxygens (including phenoxy) is 1. The molecule has 0 bridgehead atoms. The predicted octanol–water partition coefficient (Wildman–Crippen LogP) is 3.44. The molecule has 1 aliphatic rings. The molecule has 2 aromatic rings. The van der Waals surface area contributed by atoms with E-state index in [1.165, 1.54) is 5.56 Å². The Morgan fingerprint density at radius 2 is 2.04 bits per heavy atom. The van der Waals surface area contributed by atoms with Crippen LogP contribution >= 0.6 is 0 Å². The normalized spacial score (nSPS) is 16.9. The summed E-state index contributed by atoms with van der Waals surface area (Å²) in [7, 11) is 1.92. The summed E-state index contributed by atoms with van der Waals surface area (Å²) in [6.07, 6.45) is 4.66. The average molecular weight is 356 g/mol. The van der Waals surface area contributed by atoms with E-state index in [2.05, 4.69) is 22.1 Å². The molecule has 6 heteroatoms. The molecule has 1 atom stereocenters. The predicted molar refractivity (Wildman–Crippen MR) is 102 cm³/mol. The molecule has 26 heavy (non-hydrogen) atoms. The van der Waals surface area contributed by atoms with E-state index >= 15 is 0 Å². The van der Waals surface area contributed by atoms with Gasteiger partial charge in [0.25, 0.3) is 0 Å². The van der Waals surface area contributed by atoms with Crippen molar-refractivity contribution in [3.05, 3.63) is 48.3 Å². The summed E-state index contributed by atoms with van der Waals surface area (Å²) in [5.74, 6) is 0. The van der Waals surface area contributed by atoms with Crippen LogP contribution in [-0.2, 0) is 18.3 Å². The SMILES string of the molecule is Cn1cc(N(Cc2ccccc2)C[C@H]2CCN2C(=O)OC(C)(C)C)cn1. The molecule has 0 N–H and O–H groups in total. The third-order valence-corrected chi connectivity index (χ3v) is 4.48. The lowest BCUT2D eigenvalue weighted by molar-refractivity contribution is -0.00379. The Hall–Kier alpha value is -2.50. The third-order valence-electron chi connectivity index (χ3n) is 4.48. The topological polar surface area (TPSA) is 50.6 Å². The maximum Gasteiger partial charge on any atom is 0.410 e. The van der Waals surface area contributed by atoms with Gasteiger partial charge < -0.3 is 14.5 Å². The van der Waals surface area contributed by atoms with Gasteiger partial charge in [0.15, 0.2) is 0 Å². The highest BCUT2D eigenvalue weighted by atomic mass is 16.6. The second kappa shape index (κ2) is 7.40. The molecule has 1 aromatic heterocycles. The summed E-state index contributed by atoms with van der Waals surface area (Å²) in [6.45, 7) is 8.00. The van der Waals surface area contributed by atoms with Crippen LogP contribution in [0, 0.1) is 0 Å². The van der Waals surface area contributed by atoms with Crippen LogP contribution in [0.15, 0.2) is 42.7 Å². The minimum atomic E-state index is -0.468. The highest BCUT2D eigenvalue weighted by Gasteiger charge is 2.36. The maximum atomic E-state index is 12.4. The molecule has 3 rings (SSSR count). The van der Waals surface area contributed by atoms with E-state index in [-0.39, 0.29) is 12.1 Å². The quantitative estimate of drug-likeness (QED) is 0.823. The number of likely N-dealkylation sites (tertiary alicyclic amines) is 1. The number of carbonyl (C=O) groups excluding carboxylic acids is 1. The summed E-state index contributed by atoms with van der Waals surface area (Å²) >= 11 is 0. The number of nitrogens with zero attached hydrogens (tertiary/aromatic N) is 4. The van der Waals surface area contributed by atoms with Gasteiger partial charge in [-0.05, 0) is 32.8 Å². The molecular weight excluding hydrogens is 328 g/mol. The Morgan fingerprint density at radius 1 is 1.31 bits per heavy atom. The first kappa shape index (κ1) is 18.3. The Bertz CT molecular complexity index is 736. The Labute approximate surface area is 155 Å². The Balaban J connectivity index is 1.70. The van der Waals surface area contributed by atoms with Crippen molar-refractivity contribution in [2.45, 2.75) is 45.4 Å². The number of hydrogen-bond acceptors (Lipinski definition) is 4. The number of amides is 1. The Morgan fingerprint density at radius 3 is 2.58 bits per heavy atom. The van der Waals surface area contributed by atoms with Gasteiger partial charge in [0.2, 0.25) is 0 Å². The van der Waals surface area contributed by atoms with Gasteiger partial charge in [0.1, 0.15) is 5.60 Å². The van der Waals surface area contributed by atoms with Crippen LogP contribution in [0.1, 0.15) is 32.8 Å². The summed E-state index contributed by atoms with van der Waals surface area (Å²) in [4.78, 5) is 16.5. The van der Waals surface area contributed by atoms with Gasteiger partial charge in [-0.3, -0.25) is 4.68 Å². The fraction of sp³-hybridized carbons (Fsp3) is 0.500. The van der Waals surface area contributed by atoms with Gasteiger partial charge in [-0.2, -0.15) is 5.10 Å². The number of anilines is 1. The largest absolute Gasteiger partial charge is 0.444 e. The molecule has 140 valence electrons. The van der Waals surface area contributed by atoms with Gasteiger partial charge >= 0.3 is 6.09 Å². The Kier molecular flexibility index (Phi) is 5.20. The van der Waals surface area contributed by atoms with Crippen LogP contribution in [0.4, 0.5) is 10.5 Å². The van der Waals surface area contributed by atoms with Crippen LogP contribution in [0.5, 0.6) is 0 Å². The lowest BCUT2D eigenvalue weighted by atomic mass is 10.0. The van der Waals surface area contributed by atoms with Crippen molar-refractivity contribution < 1.29 is 9.53 Å². The standard InChI is InChI=1S/C20H28N4O2/c1-20(2,3)26-19(25)24-11-10-17(24)15-23(18-12-21-22(4)14-18)13-16-8-6-5-7-9-16/h5-9,12,14,17H,10-11,13,15H2,1-4H3/t17-/m1/s1. The molecule has 0 radical (unpaired) electrons. The van der Waals surface area contributed by atoms with Gasteiger partial charge in [0, 0.05) is 32.9 Å². The van der Waals surface area contributed by atoms with Crippen LogP contribution in [0.25, 0.3) is 0 Å². The summed E-state index contributed by atoms with van der Waals surface area (Å²) in [6, 6.07) is 10.5. The summed E-state index contributed by atoms with van der Waals surface area (Å²) in [5.41, 5.74) is 1.83. The molecule has 1 fully saturated rings. The van der Waals surface area contributed by atoms with E-state index in [0.29, 0.717) is 0 Å². The van der Waals surface area contributed by atoms with Crippen LogP contribution in [0.3, 0.4) is 0 Å². The number of rotatable bonds is 5. The second-order valence-corrected chi connectivity index (χ2v) is 7.85. The number of carbonyl (C=O) groups is 1. The zero-order valence-electron chi connectivity index (χ0n) is 16.1. The van der Waals surface area contributed by atoms with Crippen molar-refractivity contribution in [3.8, 4) is 0 Å². The number of aromatic nitrogens is 2. The molecule has 1 saturated heterocycles. The van der Waals surface area contributed by atoms with Gasteiger partial charge in [-0.1, -0.05) is 30.3 Å². The summed E-state index contributed by atoms with van der Waals surface area (Å²) < 4.78 is 7.34. The summed E-state index contributed by atoms with van der Waals surface area (Å²) in [5, 5.41) is 4.30. The molecule has 0 saturated carbocycles. The maximum absolute atomic E-state index is 12.4. The minimum absolute atomic E-state index is 0.161. The highest BCUT2D eigenvalue weighted by Crippen LogP contribution is 2.25. The third kappa shape index (κ3) is 4.56. The molecule has 1 aromatic carbocycles. The van der Waals surface area contributed by atoms with Crippen molar-refractivity contribution >= 4 is 11.8 Å². The van der Waals surface area contributed by atoms with Crippen LogP contribution in [-0.4, -0.2) is 45.5 Å². The van der Waals surface area contributed by atoms with E-state index < -0.39 is 5.60 Å². The molecule has 2 heterocycles. The van der Waals surface area contributed by atoms with Crippen molar-refractivity contribution in [2.75, 3.05) is 18.0 Å². The van der Waals surface area contributed by atoms with E-state index in [1.54, 1.807) is 4.68 Å². The highest BCUT2D eigenvalue weighted by molar-refractivity contribution is 5.69. The van der Waals surface area contributed by atoms with Crippen LogP contribution < -0.4 is 4.90 Å². The van der Waals surface area contributed by atoms with Gasteiger partial charge in [-0.15, -0.1) is 0 Å². The van der Waals surface area contributed by atoms with Crippen molar-refractivity contribution in [1.82, 2.24) is 14.7 Å². The zero-order chi connectivity index (χ0) is 18.7. The minimum Gasteiger partial charge on any atom is -0.444 e. The van der Waals surface area contributed by atoms with Gasteiger partial charge in [-0.25, -0.2) is 4.79 Å². The first-order valence-electron chi connectivity index (χ1n) is 9.09. The molecule has 1 aliphatic heterocycles. The van der Waals surface area contributed by atoms with Crippen LogP contribution in [0.2, 0.25) is 0 Å². The second-order valence-electron chi connectivity index (χ2n) is 7.85. The fourth-order valence-corrected chi connectivity index (χ4v) is 3.08. The van der Waals surface area contributed by atoms with Crippen molar-refractivity contribution in [2.24, 2.45) is 7.05 Å². The lowest BCUT2D eigenvalue weighted by Gasteiger charge is -2.43. The van der Waals surface area contributed by atoms with E-state index in [1.807, 2.05) is 63.3 Å². The van der Waals surface area contributed by atoms with Crippen molar-refractivity contribution in [3.63, 3.8) is 0 Å². The molecule has 1 amide bonds. The first-order valence-corrected chi connectivity index (χ1v) is 9.09. The van der Waals surface area contributed by atoms with E-state index in [0.717, 1.165) is 31.7 Å². The van der Waals surface area contributed by atoms with E-state index in [9.17, 15) is 4.79 Å². The molecule has 6 nitrogen and oxygen atoms in total.